The molecular formula is C23H24ClN3O3. The molecule has 1 aromatic rings. The van der Waals surface area contributed by atoms with Crippen LogP contribution in [0.4, 0.5) is 9.59 Å². The molecule has 0 bridgehead atoms. The summed E-state index contributed by atoms with van der Waals surface area (Å²) in [5, 5.41) is 3.39. The molecule has 0 saturated carbocycles. The van der Waals surface area contributed by atoms with Crippen molar-refractivity contribution >= 4 is 35.0 Å². The summed E-state index contributed by atoms with van der Waals surface area (Å²) in [5.41, 5.74) is 3.67. The van der Waals surface area contributed by atoms with Crippen LogP contribution in [0.5, 0.6) is 0 Å². The normalized spacial score (nSPS) is 20.8. The minimum absolute atomic E-state index is 0.0732. The van der Waals surface area contributed by atoms with E-state index in [9.17, 15) is 9.59 Å². The molecule has 30 heavy (non-hydrogen) atoms. The van der Waals surface area contributed by atoms with Gasteiger partial charge in [-0.2, -0.15) is 4.99 Å². The molecule has 1 atom stereocenters. The summed E-state index contributed by atoms with van der Waals surface area (Å²) in [6.45, 7) is 6.66. The van der Waals surface area contributed by atoms with E-state index in [1.165, 1.54) is 0 Å². The fourth-order valence-corrected chi connectivity index (χ4v) is 4.10. The first-order chi connectivity index (χ1) is 14.2. The van der Waals surface area contributed by atoms with Gasteiger partial charge in [-0.15, -0.1) is 0 Å². The lowest BCUT2D eigenvalue weighted by Crippen LogP contribution is -2.39. The highest BCUT2D eigenvalue weighted by Crippen LogP contribution is 2.36. The van der Waals surface area contributed by atoms with E-state index in [0.29, 0.717) is 29.5 Å². The molecule has 7 heteroatoms. The Morgan fingerprint density at radius 2 is 2.13 bits per heavy atom. The van der Waals surface area contributed by atoms with Crippen molar-refractivity contribution in [2.24, 2.45) is 4.99 Å². The van der Waals surface area contributed by atoms with Crippen molar-refractivity contribution in [3.05, 3.63) is 64.3 Å². The quantitative estimate of drug-likeness (QED) is 0.719. The van der Waals surface area contributed by atoms with Gasteiger partial charge >= 0.3 is 12.1 Å². The Morgan fingerprint density at radius 1 is 1.33 bits per heavy atom. The number of ether oxygens (including phenoxy) is 1. The number of rotatable bonds is 2. The van der Waals surface area contributed by atoms with E-state index >= 15 is 0 Å². The number of carbonyl (C=O) groups excluding carboxylic acids is 2. The van der Waals surface area contributed by atoms with Crippen LogP contribution in [0.15, 0.2) is 53.2 Å². The molecule has 156 valence electrons. The number of amides is 3. The Morgan fingerprint density at radius 3 is 2.90 bits per heavy atom. The molecule has 4 rings (SSSR count). The van der Waals surface area contributed by atoms with Gasteiger partial charge in [-0.25, -0.2) is 9.59 Å². The van der Waals surface area contributed by atoms with Crippen LogP contribution < -0.4 is 5.32 Å². The third-order valence-electron chi connectivity index (χ3n) is 5.08. The molecule has 0 fully saturated rings. The Kier molecular flexibility index (Phi) is 5.28. The van der Waals surface area contributed by atoms with Gasteiger partial charge in [-0.3, -0.25) is 0 Å². The van der Waals surface area contributed by atoms with Gasteiger partial charge in [0.2, 0.25) is 0 Å². The van der Waals surface area contributed by atoms with E-state index < -0.39 is 5.60 Å². The maximum absolute atomic E-state index is 12.5. The zero-order valence-corrected chi connectivity index (χ0v) is 18.0. The first kappa shape index (κ1) is 20.4. The number of aliphatic imine (C=N–C) groups is 1. The number of nitrogens with zero attached hydrogens (tertiary/aromatic N) is 2. The highest BCUT2D eigenvalue weighted by Gasteiger charge is 2.27. The SMILES string of the molecule is CC(C)(C)OC(=O)N1CCC=C(c2cccc(C3C=CC4=NC(=O)NC4=C3)c2Cl)C1. The van der Waals surface area contributed by atoms with E-state index in [0.717, 1.165) is 23.1 Å². The van der Waals surface area contributed by atoms with Crippen LogP contribution in [0.2, 0.25) is 5.02 Å². The van der Waals surface area contributed by atoms with Crippen LogP contribution in [0.1, 0.15) is 44.2 Å². The lowest BCUT2D eigenvalue weighted by molar-refractivity contribution is 0.0273. The second-order valence-corrected chi connectivity index (χ2v) is 8.90. The van der Waals surface area contributed by atoms with Gasteiger partial charge in [0, 0.05) is 19.0 Å². The largest absolute Gasteiger partial charge is 0.444 e. The molecule has 3 aliphatic rings. The van der Waals surface area contributed by atoms with E-state index in [1.54, 1.807) is 4.90 Å². The minimum atomic E-state index is -0.533. The van der Waals surface area contributed by atoms with E-state index in [-0.39, 0.29) is 18.0 Å². The Hall–Kier alpha value is -2.86. The predicted octanol–water partition coefficient (Wildman–Crippen LogP) is 5.07. The number of hydrogen-bond donors (Lipinski definition) is 1. The molecule has 0 aromatic heterocycles. The fraction of sp³-hybridized carbons (Fsp3) is 0.348. The number of fused-ring (bicyclic) bond motifs is 1. The van der Waals surface area contributed by atoms with Crippen LogP contribution in [-0.2, 0) is 4.74 Å². The summed E-state index contributed by atoms with van der Waals surface area (Å²) in [5.74, 6) is -0.0732. The smallest absolute Gasteiger partial charge is 0.410 e. The third kappa shape index (κ3) is 4.19. The van der Waals surface area contributed by atoms with E-state index in [4.69, 9.17) is 16.3 Å². The lowest BCUT2D eigenvalue weighted by atomic mass is 9.90. The second-order valence-electron chi connectivity index (χ2n) is 8.52. The number of hydrogen-bond acceptors (Lipinski definition) is 3. The molecule has 3 amide bonds. The van der Waals surface area contributed by atoms with Crippen LogP contribution >= 0.6 is 11.6 Å². The highest BCUT2D eigenvalue weighted by atomic mass is 35.5. The monoisotopic (exact) mass is 425 g/mol. The molecule has 1 aliphatic carbocycles. The summed E-state index contributed by atoms with van der Waals surface area (Å²) in [7, 11) is 0. The molecule has 0 saturated heterocycles. The number of halogens is 1. The first-order valence-electron chi connectivity index (χ1n) is 9.97. The molecule has 6 nitrogen and oxygen atoms in total. The Balaban J connectivity index is 1.57. The van der Waals surface area contributed by atoms with Crippen molar-refractivity contribution in [1.29, 1.82) is 0 Å². The Bertz CT molecular complexity index is 1030. The average molecular weight is 426 g/mol. The molecule has 1 N–H and O–H groups in total. The summed E-state index contributed by atoms with van der Waals surface area (Å²) < 4.78 is 5.52. The second kappa shape index (κ2) is 7.76. The van der Waals surface area contributed by atoms with Crippen molar-refractivity contribution in [3.63, 3.8) is 0 Å². The van der Waals surface area contributed by atoms with Crippen LogP contribution in [0, 0.1) is 0 Å². The number of urea groups is 1. The average Bonchev–Trinajstić information content (AvgIpc) is 3.06. The molecule has 1 unspecified atom stereocenters. The van der Waals surface area contributed by atoms with Gasteiger partial charge in [0.1, 0.15) is 5.60 Å². The van der Waals surface area contributed by atoms with E-state index in [1.807, 2.05) is 57.2 Å². The molecule has 2 aliphatic heterocycles. The summed E-state index contributed by atoms with van der Waals surface area (Å²) in [4.78, 5) is 29.6. The van der Waals surface area contributed by atoms with Gasteiger partial charge in [-0.1, -0.05) is 42.0 Å². The van der Waals surface area contributed by atoms with Crippen molar-refractivity contribution in [1.82, 2.24) is 10.2 Å². The maximum Gasteiger partial charge on any atom is 0.410 e. The molecule has 1 aromatic carbocycles. The van der Waals surface area contributed by atoms with Gasteiger partial charge in [-0.05, 0) is 56.0 Å². The zero-order chi connectivity index (χ0) is 21.5. The summed E-state index contributed by atoms with van der Waals surface area (Å²) >= 11 is 6.82. The molecule has 0 spiro atoms. The van der Waals surface area contributed by atoms with E-state index in [2.05, 4.69) is 16.4 Å². The van der Waals surface area contributed by atoms with Gasteiger partial charge in [0.25, 0.3) is 0 Å². The van der Waals surface area contributed by atoms with Gasteiger partial charge < -0.3 is 15.0 Å². The van der Waals surface area contributed by atoms with Crippen molar-refractivity contribution in [2.45, 2.75) is 38.7 Å². The van der Waals surface area contributed by atoms with Crippen LogP contribution in [0.3, 0.4) is 0 Å². The molecule has 0 radical (unpaired) electrons. The standard InChI is InChI=1S/C23H24ClN3O3/c1-23(2,3)30-22(29)27-11-5-6-15(13-27)17-8-4-7-16(20(17)24)14-9-10-18-19(12-14)26-21(28)25-18/h4,6-10,12,14H,5,11,13H2,1-3H3,(H,26,28). The Labute approximate surface area is 180 Å². The fourth-order valence-electron chi connectivity index (χ4n) is 3.73. The summed E-state index contributed by atoms with van der Waals surface area (Å²) in [6, 6.07) is 5.56. The predicted molar refractivity (Wildman–Crippen MR) is 118 cm³/mol. The highest BCUT2D eigenvalue weighted by molar-refractivity contribution is 6.33. The van der Waals surface area contributed by atoms with Gasteiger partial charge in [0.15, 0.2) is 0 Å². The first-order valence-corrected chi connectivity index (χ1v) is 10.3. The van der Waals surface area contributed by atoms with Crippen LogP contribution in [-0.4, -0.2) is 41.4 Å². The lowest BCUT2D eigenvalue weighted by Gasteiger charge is -2.31. The third-order valence-corrected chi connectivity index (χ3v) is 5.51. The van der Waals surface area contributed by atoms with Crippen molar-refractivity contribution in [3.8, 4) is 0 Å². The minimum Gasteiger partial charge on any atom is -0.444 e. The molecular weight excluding hydrogens is 402 g/mol. The van der Waals surface area contributed by atoms with Gasteiger partial charge in [0.05, 0.1) is 16.4 Å². The number of benzene rings is 1. The zero-order valence-electron chi connectivity index (χ0n) is 17.2. The maximum atomic E-state index is 12.5. The number of carbonyl (C=O) groups is 2. The topological polar surface area (TPSA) is 71.0 Å². The molecule has 2 heterocycles. The van der Waals surface area contributed by atoms with Crippen molar-refractivity contribution < 1.29 is 14.3 Å². The summed E-state index contributed by atoms with van der Waals surface area (Å²) in [6.07, 6.45) is 8.33. The number of allylic oxidation sites excluding steroid dienone is 3. The van der Waals surface area contributed by atoms with Crippen molar-refractivity contribution in [2.75, 3.05) is 13.1 Å². The number of nitrogens with one attached hydrogen (secondary N) is 1. The van der Waals surface area contributed by atoms with Crippen LogP contribution in [0.25, 0.3) is 5.57 Å².